The first-order chi connectivity index (χ1) is 8.66. The Hall–Kier alpha value is -1.75. The summed E-state index contributed by atoms with van der Waals surface area (Å²) in [5.74, 6) is 0.640. The maximum atomic E-state index is 12.0. The number of rotatable bonds is 3. The number of hydrogen-bond donors (Lipinski definition) is 1. The summed E-state index contributed by atoms with van der Waals surface area (Å²) < 4.78 is 10.7. The van der Waals surface area contributed by atoms with E-state index < -0.39 is 0 Å². The molecular weight excluding hydrogens is 232 g/mol. The number of carbonyl (C=O) groups is 1. The first kappa shape index (κ1) is 12.7. The molecule has 1 fully saturated rings. The van der Waals surface area contributed by atoms with Crippen LogP contribution >= 0.6 is 0 Å². The Labute approximate surface area is 106 Å². The van der Waals surface area contributed by atoms with Crippen molar-refractivity contribution < 1.29 is 14.3 Å². The summed E-state index contributed by atoms with van der Waals surface area (Å²) in [7, 11) is 0. The summed E-state index contributed by atoms with van der Waals surface area (Å²) >= 11 is 0. The predicted octanol–water partition coefficient (Wildman–Crippen LogP) is 0.895. The van der Waals surface area contributed by atoms with Crippen LogP contribution in [-0.2, 0) is 9.53 Å². The Morgan fingerprint density at radius 2 is 2.22 bits per heavy atom. The molecule has 1 aromatic rings. The number of amides is 1. The third-order valence-electron chi connectivity index (χ3n) is 2.93. The van der Waals surface area contributed by atoms with Gasteiger partial charge in [0.15, 0.2) is 6.61 Å². The molecule has 18 heavy (non-hydrogen) atoms. The maximum Gasteiger partial charge on any atom is 0.260 e. The smallest absolute Gasteiger partial charge is 0.260 e. The highest BCUT2D eigenvalue weighted by Crippen LogP contribution is 2.14. The van der Waals surface area contributed by atoms with Gasteiger partial charge < -0.3 is 20.1 Å². The van der Waals surface area contributed by atoms with Gasteiger partial charge in [-0.05, 0) is 31.2 Å². The number of nitrogen functional groups attached to an aromatic ring is 1. The molecule has 5 nitrogen and oxygen atoms in total. The van der Waals surface area contributed by atoms with Gasteiger partial charge in [0.2, 0.25) is 0 Å². The van der Waals surface area contributed by atoms with Crippen molar-refractivity contribution in [2.24, 2.45) is 0 Å². The van der Waals surface area contributed by atoms with E-state index in [9.17, 15) is 4.79 Å². The predicted molar refractivity (Wildman–Crippen MR) is 68.3 cm³/mol. The van der Waals surface area contributed by atoms with Gasteiger partial charge in [0, 0.05) is 12.2 Å². The lowest BCUT2D eigenvalue weighted by Gasteiger charge is -2.33. The quantitative estimate of drug-likeness (QED) is 0.809. The van der Waals surface area contributed by atoms with Gasteiger partial charge in [-0.2, -0.15) is 0 Å². The van der Waals surface area contributed by atoms with Crippen LogP contribution in [-0.4, -0.2) is 43.2 Å². The monoisotopic (exact) mass is 250 g/mol. The summed E-state index contributed by atoms with van der Waals surface area (Å²) in [6.45, 7) is 3.84. The van der Waals surface area contributed by atoms with Crippen LogP contribution in [0.4, 0.5) is 5.69 Å². The van der Waals surface area contributed by atoms with Crippen molar-refractivity contribution in [3.63, 3.8) is 0 Å². The van der Waals surface area contributed by atoms with Crippen molar-refractivity contribution in [2.45, 2.75) is 13.0 Å². The van der Waals surface area contributed by atoms with Gasteiger partial charge in [0.1, 0.15) is 5.75 Å². The molecule has 1 amide bonds. The Morgan fingerprint density at radius 3 is 2.89 bits per heavy atom. The molecule has 0 aromatic heterocycles. The number of nitrogens with two attached hydrogens (primary N) is 1. The lowest BCUT2D eigenvalue weighted by molar-refractivity contribution is -0.141. The van der Waals surface area contributed by atoms with Crippen molar-refractivity contribution in [3.05, 3.63) is 24.3 Å². The fraction of sp³-hybridized carbons (Fsp3) is 0.462. The van der Waals surface area contributed by atoms with Gasteiger partial charge in [0.25, 0.3) is 5.91 Å². The summed E-state index contributed by atoms with van der Waals surface area (Å²) in [5, 5.41) is 0. The molecule has 0 saturated carbocycles. The van der Waals surface area contributed by atoms with Crippen molar-refractivity contribution in [2.75, 3.05) is 32.1 Å². The average molecular weight is 250 g/mol. The van der Waals surface area contributed by atoms with Crippen LogP contribution in [0.5, 0.6) is 5.75 Å². The zero-order valence-corrected chi connectivity index (χ0v) is 10.5. The number of hydrogen-bond acceptors (Lipinski definition) is 4. The molecular formula is C13H18N2O3. The van der Waals surface area contributed by atoms with Gasteiger partial charge in [0.05, 0.1) is 19.3 Å². The van der Waals surface area contributed by atoms with Crippen LogP contribution in [0.2, 0.25) is 0 Å². The molecule has 1 aliphatic rings. The van der Waals surface area contributed by atoms with E-state index in [1.165, 1.54) is 0 Å². The second kappa shape index (κ2) is 5.73. The van der Waals surface area contributed by atoms with Crippen molar-refractivity contribution in [1.29, 1.82) is 0 Å². The molecule has 1 aromatic carbocycles. The van der Waals surface area contributed by atoms with Gasteiger partial charge in [-0.1, -0.05) is 0 Å². The maximum absolute atomic E-state index is 12.0. The van der Waals surface area contributed by atoms with E-state index in [0.717, 1.165) is 0 Å². The van der Waals surface area contributed by atoms with E-state index in [2.05, 4.69) is 0 Å². The first-order valence-corrected chi connectivity index (χ1v) is 6.02. The van der Waals surface area contributed by atoms with Crippen LogP contribution in [0, 0.1) is 0 Å². The number of ether oxygens (including phenoxy) is 2. The fourth-order valence-corrected chi connectivity index (χ4v) is 1.89. The summed E-state index contributed by atoms with van der Waals surface area (Å²) in [5.41, 5.74) is 6.25. The molecule has 0 unspecified atom stereocenters. The van der Waals surface area contributed by atoms with Crippen molar-refractivity contribution in [1.82, 2.24) is 4.90 Å². The largest absolute Gasteiger partial charge is 0.484 e. The normalized spacial score (nSPS) is 19.6. The number of carbonyl (C=O) groups excluding carboxylic acids is 1. The standard InChI is InChI=1S/C13H18N2O3/c1-10-8-17-7-6-15(10)13(16)9-18-12-4-2-11(14)3-5-12/h2-5,10H,6-9,14H2,1H3/t10-/m1/s1. The molecule has 5 heteroatoms. The van der Waals surface area contributed by atoms with Crippen LogP contribution in [0.1, 0.15) is 6.92 Å². The van der Waals surface area contributed by atoms with E-state index in [1.807, 2.05) is 6.92 Å². The first-order valence-electron chi connectivity index (χ1n) is 6.02. The van der Waals surface area contributed by atoms with Gasteiger partial charge in [-0.15, -0.1) is 0 Å². The minimum atomic E-state index is -0.0115. The summed E-state index contributed by atoms with van der Waals surface area (Å²) in [6.07, 6.45) is 0. The Morgan fingerprint density at radius 1 is 1.50 bits per heavy atom. The Kier molecular flexibility index (Phi) is 4.04. The molecule has 98 valence electrons. The number of anilines is 1. The highest BCUT2D eigenvalue weighted by Gasteiger charge is 2.23. The molecule has 2 rings (SSSR count). The zero-order chi connectivity index (χ0) is 13.0. The SMILES string of the molecule is C[C@@H]1COCCN1C(=O)COc1ccc(N)cc1. The zero-order valence-electron chi connectivity index (χ0n) is 10.5. The highest BCUT2D eigenvalue weighted by atomic mass is 16.5. The van der Waals surface area contributed by atoms with Crippen LogP contribution in [0.3, 0.4) is 0 Å². The molecule has 1 heterocycles. The molecule has 1 aliphatic heterocycles. The molecule has 1 saturated heterocycles. The van der Waals surface area contributed by atoms with Crippen molar-refractivity contribution >= 4 is 11.6 Å². The molecule has 1 atom stereocenters. The second-order valence-corrected chi connectivity index (χ2v) is 4.37. The van der Waals surface area contributed by atoms with Crippen LogP contribution in [0.25, 0.3) is 0 Å². The molecule has 0 aliphatic carbocycles. The van der Waals surface area contributed by atoms with Crippen LogP contribution in [0.15, 0.2) is 24.3 Å². The van der Waals surface area contributed by atoms with E-state index in [1.54, 1.807) is 29.2 Å². The second-order valence-electron chi connectivity index (χ2n) is 4.37. The molecule has 0 bridgehead atoms. The lowest BCUT2D eigenvalue weighted by Crippen LogP contribution is -2.48. The van der Waals surface area contributed by atoms with Crippen LogP contribution < -0.4 is 10.5 Å². The third-order valence-corrected chi connectivity index (χ3v) is 2.93. The minimum Gasteiger partial charge on any atom is -0.484 e. The summed E-state index contributed by atoms with van der Waals surface area (Å²) in [6, 6.07) is 7.12. The minimum absolute atomic E-state index is 0.0115. The number of nitrogens with zero attached hydrogens (tertiary/aromatic N) is 1. The Bertz CT molecular complexity index is 405. The van der Waals surface area contributed by atoms with Gasteiger partial charge in [-0.3, -0.25) is 4.79 Å². The lowest BCUT2D eigenvalue weighted by atomic mass is 10.2. The highest BCUT2D eigenvalue weighted by molar-refractivity contribution is 5.78. The van der Waals surface area contributed by atoms with Crippen molar-refractivity contribution in [3.8, 4) is 5.75 Å². The number of benzene rings is 1. The van der Waals surface area contributed by atoms with Gasteiger partial charge in [-0.25, -0.2) is 0 Å². The van der Waals surface area contributed by atoms with E-state index >= 15 is 0 Å². The summed E-state index contributed by atoms with van der Waals surface area (Å²) in [4.78, 5) is 13.8. The van der Waals surface area contributed by atoms with E-state index in [0.29, 0.717) is 31.2 Å². The average Bonchev–Trinajstić information content (AvgIpc) is 2.38. The fourth-order valence-electron chi connectivity index (χ4n) is 1.89. The molecule has 0 spiro atoms. The number of morpholine rings is 1. The Balaban J connectivity index is 1.85. The van der Waals surface area contributed by atoms with E-state index in [4.69, 9.17) is 15.2 Å². The van der Waals surface area contributed by atoms with E-state index in [-0.39, 0.29) is 18.6 Å². The topological polar surface area (TPSA) is 64.8 Å². The molecule has 0 radical (unpaired) electrons. The third kappa shape index (κ3) is 3.13. The molecule has 2 N–H and O–H groups in total. The van der Waals surface area contributed by atoms with Gasteiger partial charge >= 0.3 is 0 Å².